The van der Waals surface area contributed by atoms with Crippen molar-refractivity contribution in [3.8, 4) is 11.5 Å². The molecule has 21 heavy (non-hydrogen) atoms. The molecule has 0 unspecified atom stereocenters. The van der Waals surface area contributed by atoms with Gasteiger partial charge in [-0.1, -0.05) is 6.07 Å². The molecule has 0 spiro atoms. The molecule has 6 heteroatoms. The van der Waals surface area contributed by atoms with Gasteiger partial charge >= 0.3 is 0 Å². The minimum atomic E-state index is -0.498. The van der Waals surface area contributed by atoms with Gasteiger partial charge in [0.2, 0.25) is 0 Å². The molecule has 0 atom stereocenters. The van der Waals surface area contributed by atoms with Gasteiger partial charge in [-0.2, -0.15) is 0 Å². The molecule has 0 aliphatic heterocycles. The van der Waals surface area contributed by atoms with E-state index in [9.17, 15) is 10.1 Å². The maximum absolute atomic E-state index is 10.7. The third-order valence-corrected chi connectivity index (χ3v) is 3.03. The molecule has 0 aliphatic carbocycles. The maximum Gasteiger partial charge on any atom is 0.271 e. The summed E-state index contributed by atoms with van der Waals surface area (Å²) in [5.74, 6) is 0.970. The van der Waals surface area contributed by atoms with Crippen molar-refractivity contribution in [2.24, 2.45) is 0 Å². The van der Waals surface area contributed by atoms with Gasteiger partial charge in [-0.3, -0.25) is 15.1 Å². The summed E-state index contributed by atoms with van der Waals surface area (Å²) >= 11 is 0. The lowest BCUT2D eigenvalue weighted by molar-refractivity contribution is -0.384. The third kappa shape index (κ3) is 2.46. The minimum absolute atomic E-state index is 0.0700. The van der Waals surface area contributed by atoms with Crippen molar-refractivity contribution >= 4 is 22.3 Å². The number of aromatic nitrogens is 1. The second-order valence-corrected chi connectivity index (χ2v) is 4.41. The van der Waals surface area contributed by atoms with Crippen LogP contribution in [0.3, 0.4) is 0 Å². The Hall–Kier alpha value is -3.15. The van der Waals surface area contributed by atoms with Gasteiger partial charge in [-0.15, -0.1) is 0 Å². The van der Waals surface area contributed by atoms with Gasteiger partial charge in [-0.05, 0) is 30.3 Å². The summed E-state index contributed by atoms with van der Waals surface area (Å²) in [5, 5.41) is 11.5. The predicted octanol–water partition coefficient (Wildman–Crippen LogP) is 3.52. The molecule has 2 aromatic carbocycles. The fraction of sp³-hybridized carbons (Fsp3) is 0. The zero-order valence-electron chi connectivity index (χ0n) is 10.9. The average molecular weight is 281 g/mol. The van der Waals surface area contributed by atoms with Crippen molar-refractivity contribution in [2.45, 2.75) is 0 Å². The highest BCUT2D eigenvalue weighted by Gasteiger charge is 2.11. The fourth-order valence-corrected chi connectivity index (χ4v) is 2.02. The molecule has 0 aliphatic rings. The number of nitrogens with two attached hydrogens (primary N) is 1. The Morgan fingerprint density at radius 3 is 2.71 bits per heavy atom. The number of non-ortho nitro benzene ring substituents is 1. The SMILES string of the molecule is Nc1cc([N+](=O)[O-])ccc1Oc1cccc2ncccc12. The van der Waals surface area contributed by atoms with Crippen LogP contribution in [0.4, 0.5) is 11.4 Å². The van der Waals surface area contributed by atoms with E-state index in [0.29, 0.717) is 11.5 Å². The Morgan fingerprint density at radius 1 is 1.10 bits per heavy atom. The van der Waals surface area contributed by atoms with Crippen LogP contribution in [0.5, 0.6) is 11.5 Å². The Balaban J connectivity index is 2.01. The van der Waals surface area contributed by atoms with Crippen molar-refractivity contribution in [1.29, 1.82) is 0 Å². The van der Waals surface area contributed by atoms with Crippen LogP contribution in [0.1, 0.15) is 0 Å². The summed E-state index contributed by atoms with van der Waals surface area (Å²) in [5.41, 5.74) is 6.75. The summed E-state index contributed by atoms with van der Waals surface area (Å²) in [6.45, 7) is 0. The number of hydrogen-bond acceptors (Lipinski definition) is 5. The zero-order chi connectivity index (χ0) is 14.8. The van der Waals surface area contributed by atoms with Crippen molar-refractivity contribution in [3.63, 3.8) is 0 Å². The molecule has 6 nitrogen and oxygen atoms in total. The quantitative estimate of drug-likeness (QED) is 0.450. The Kier molecular flexibility index (Phi) is 3.12. The van der Waals surface area contributed by atoms with E-state index in [0.717, 1.165) is 10.9 Å². The molecule has 2 N–H and O–H groups in total. The Morgan fingerprint density at radius 2 is 1.95 bits per heavy atom. The summed E-state index contributed by atoms with van der Waals surface area (Å²) in [6, 6.07) is 13.3. The van der Waals surface area contributed by atoms with E-state index < -0.39 is 4.92 Å². The van der Waals surface area contributed by atoms with E-state index in [1.807, 2.05) is 24.3 Å². The highest BCUT2D eigenvalue weighted by atomic mass is 16.6. The largest absolute Gasteiger partial charge is 0.454 e. The standard InChI is InChI=1S/C15H11N3O3/c16-12-9-10(18(19)20)6-7-15(12)21-14-5-1-4-13-11(14)3-2-8-17-13/h1-9H,16H2. The molecule has 3 rings (SSSR count). The number of ether oxygens (including phenoxy) is 1. The molecule has 1 aromatic heterocycles. The van der Waals surface area contributed by atoms with E-state index in [1.54, 1.807) is 12.3 Å². The number of hydrogen-bond donors (Lipinski definition) is 1. The lowest BCUT2D eigenvalue weighted by Crippen LogP contribution is -1.95. The van der Waals surface area contributed by atoms with Gasteiger partial charge in [0.25, 0.3) is 5.69 Å². The third-order valence-electron chi connectivity index (χ3n) is 3.03. The minimum Gasteiger partial charge on any atom is -0.454 e. The van der Waals surface area contributed by atoms with E-state index in [2.05, 4.69) is 4.98 Å². The molecule has 0 saturated heterocycles. The van der Waals surface area contributed by atoms with E-state index in [1.165, 1.54) is 18.2 Å². The highest BCUT2D eigenvalue weighted by molar-refractivity contribution is 5.85. The lowest BCUT2D eigenvalue weighted by atomic mass is 10.2. The van der Waals surface area contributed by atoms with Crippen LogP contribution in [-0.2, 0) is 0 Å². The molecule has 0 bridgehead atoms. The van der Waals surface area contributed by atoms with Gasteiger partial charge in [-0.25, -0.2) is 0 Å². The second-order valence-electron chi connectivity index (χ2n) is 4.41. The molecule has 3 aromatic rings. The Bertz CT molecular complexity index is 828. The topological polar surface area (TPSA) is 91.3 Å². The first-order valence-electron chi connectivity index (χ1n) is 6.20. The number of pyridine rings is 1. The van der Waals surface area contributed by atoms with E-state index >= 15 is 0 Å². The smallest absolute Gasteiger partial charge is 0.271 e. The van der Waals surface area contributed by atoms with Gasteiger partial charge < -0.3 is 10.5 Å². The molecule has 0 amide bonds. The number of nitro groups is 1. The lowest BCUT2D eigenvalue weighted by Gasteiger charge is -2.10. The van der Waals surface area contributed by atoms with Crippen molar-refractivity contribution in [2.75, 3.05) is 5.73 Å². The van der Waals surface area contributed by atoms with Gasteiger partial charge in [0, 0.05) is 23.7 Å². The molecule has 0 radical (unpaired) electrons. The zero-order valence-corrected chi connectivity index (χ0v) is 10.9. The number of rotatable bonds is 3. The molecular formula is C15H11N3O3. The van der Waals surface area contributed by atoms with Gasteiger partial charge in [0.05, 0.1) is 16.1 Å². The number of nitro benzene ring substituents is 1. The number of anilines is 1. The highest BCUT2D eigenvalue weighted by Crippen LogP contribution is 2.33. The molecular weight excluding hydrogens is 270 g/mol. The first-order valence-corrected chi connectivity index (χ1v) is 6.20. The molecule has 0 fully saturated rings. The number of fused-ring (bicyclic) bond motifs is 1. The van der Waals surface area contributed by atoms with Crippen LogP contribution in [0, 0.1) is 10.1 Å². The van der Waals surface area contributed by atoms with Crippen LogP contribution in [0.15, 0.2) is 54.7 Å². The summed E-state index contributed by atoms with van der Waals surface area (Å²) in [6.07, 6.45) is 1.70. The Labute approximate surface area is 119 Å². The van der Waals surface area contributed by atoms with Crippen LogP contribution >= 0.6 is 0 Å². The van der Waals surface area contributed by atoms with Crippen LogP contribution in [0.2, 0.25) is 0 Å². The molecule has 104 valence electrons. The monoisotopic (exact) mass is 281 g/mol. The van der Waals surface area contributed by atoms with Crippen molar-refractivity contribution < 1.29 is 9.66 Å². The van der Waals surface area contributed by atoms with Crippen LogP contribution < -0.4 is 10.5 Å². The van der Waals surface area contributed by atoms with Crippen LogP contribution in [-0.4, -0.2) is 9.91 Å². The first kappa shape index (κ1) is 12.9. The van der Waals surface area contributed by atoms with Gasteiger partial charge in [0.1, 0.15) is 5.75 Å². The second kappa shape index (κ2) is 5.09. The predicted molar refractivity (Wildman–Crippen MR) is 79.3 cm³/mol. The number of benzene rings is 2. The fourth-order valence-electron chi connectivity index (χ4n) is 2.02. The maximum atomic E-state index is 10.7. The van der Waals surface area contributed by atoms with Crippen LogP contribution in [0.25, 0.3) is 10.9 Å². The average Bonchev–Trinajstić information content (AvgIpc) is 2.49. The molecule has 0 saturated carbocycles. The van der Waals surface area contributed by atoms with Crippen molar-refractivity contribution in [3.05, 3.63) is 64.8 Å². The van der Waals surface area contributed by atoms with Crippen molar-refractivity contribution in [1.82, 2.24) is 4.98 Å². The number of nitrogen functional groups attached to an aromatic ring is 1. The molecule has 1 heterocycles. The first-order chi connectivity index (χ1) is 10.1. The number of nitrogens with zero attached hydrogens (tertiary/aromatic N) is 2. The van der Waals surface area contributed by atoms with E-state index in [4.69, 9.17) is 10.5 Å². The summed E-state index contributed by atoms with van der Waals surface area (Å²) < 4.78 is 5.77. The van der Waals surface area contributed by atoms with E-state index in [-0.39, 0.29) is 11.4 Å². The summed E-state index contributed by atoms with van der Waals surface area (Å²) in [4.78, 5) is 14.4. The van der Waals surface area contributed by atoms with Gasteiger partial charge in [0.15, 0.2) is 5.75 Å². The summed E-state index contributed by atoms with van der Waals surface area (Å²) in [7, 11) is 0. The normalized spacial score (nSPS) is 10.5.